The minimum atomic E-state index is 0.382. The van der Waals surface area contributed by atoms with Crippen molar-refractivity contribution in [1.29, 1.82) is 0 Å². The van der Waals surface area contributed by atoms with Gasteiger partial charge in [0.15, 0.2) is 0 Å². The van der Waals surface area contributed by atoms with Crippen LogP contribution in [0.1, 0.15) is 5.69 Å². The van der Waals surface area contributed by atoms with Crippen LogP contribution in [0.15, 0.2) is 12.4 Å². The normalized spacial score (nSPS) is 10.6. The lowest BCUT2D eigenvalue weighted by molar-refractivity contribution is 0.363. The van der Waals surface area contributed by atoms with Gasteiger partial charge in [-0.05, 0) is 0 Å². The van der Waals surface area contributed by atoms with Gasteiger partial charge in [0, 0.05) is 12.7 Å². The Morgan fingerprint density at radius 1 is 1.27 bits per heavy atom. The summed E-state index contributed by atoms with van der Waals surface area (Å²) in [7, 11) is 3.09. The predicted octanol–water partition coefficient (Wildman–Crippen LogP) is 0.205. The maximum Gasteiger partial charge on any atom is 0.261 e. The first-order valence-corrected chi connectivity index (χ1v) is 4.45. The molecule has 0 aliphatic heterocycles. The molecule has 0 bridgehead atoms. The zero-order chi connectivity index (χ0) is 10.8. The van der Waals surface area contributed by atoms with E-state index in [1.54, 1.807) is 24.8 Å². The zero-order valence-corrected chi connectivity index (χ0v) is 8.60. The minimum Gasteiger partial charge on any atom is -0.480 e. The number of rotatable bonds is 3. The molecule has 0 spiro atoms. The van der Waals surface area contributed by atoms with E-state index in [0.29, 0.717) is 24.0 Å². The molecular formula is C9H12N4O2. The highest BCUT2D eigenvalue weighted by Crippen LogP contribution is 2.20. The molecule has 80 valence electrons. The van der Waals surface area contributed by atoms with Crippen LogP contribution >= 0.6 is 0 Å². The van der Waals surface area contributed by atoms with E-state index in [4.69, 9.17) is 15.2 Å². The van der Waals surface area contributed by atoms with Crippen molar-refractivity contribution in [2.75, 3.05) is 14.2 Å². The van der Waals surface area contributed by atoms with Gasteiger partial charge < -0.3 is 15.2 Å². The van der Waals surface area contributed by atoms with Gasteiger partial charge in [-0.2, -0.15) is 4.98 Å². The Kier molecular flexibility index (Phi) is 2.42. The van der Waals surface area contributed by atoms with E-state index >= 15 is 0 Å². The molecule has 0 amide bonds. The molecule has 15 heavy (non-hydrogen) atoms. The fourth-order valence-corrected chi connectivity index (χ4v) is 1.33. The van der Waals surface area contributed by atoms with Gasteiger partial charge in [-0.1, -0.05) is 0 Å². The Balaban J connectivity index is 2.66. The van der Waals surface area contributed by atoms with Crippen LogP contribution in [-0.2, 0) is 6.54 Å². The van der Waals surface area contributed by atoms with Crippen molar-refractivity contribution in [3.8, 4) is 11.8 Å². The lowest BCUT2D eigenvalue weighted by atomic mass is 10.5. The summed E-state index contributed by atoms with van der Waals surface area (Å²) >= 11 is 0. The van der Waals surface area contributed by atoms with Gasteiger partial charge in [0.1, 0.15) is 0 Å². The summed E-state index contributed by atoms with van der Waals surface area (Å²) in [5, 5.41) is 0. The Labute approximate surface area is 86.7 Å². The van der Waals surface area contributed by atoms with Crippen LogP contribution in [0.2, 0.25) is 0 Å². The third-order valence-corrected chi connectivity index (χ3v) is 2.05. The molecule has 2 aromatic heterocycles. The summed E-state index contributed by atoms with van der Waals surface area (Å²) in [5.74, 6) is 0.898. The Morgan fingerprint density at radius 2 is 2.07 bits per heavy atom. The standard InChI is InChI=1S/C9H12N4O2/c1-14-7-5-13-4-6(3-10)11-8(13)9(12-7)15-2/h4-5H,3,10H2,1-2H3. The van der Waals surface area contributed by atoms with Crippen LogP contribution in [0, 0.1) is 0 Å². The van der Waals surface area contributed by atoms with Crippen molar-refractivity contribution in [2.24, 2.45) is 5.73 Å². The molecule has 0 unspecified atom stereocenters. The second kappa shape index (κ2) is 3.74. The van der Waals surface area contributed by atoms with Crippen LogP contribution in [0.3, 0.4) is 0 Å². The maximum atomic E-state index is 5.51. The smallest absolute Gasteiger partial charge is 0.261 e. The van der Waals surface area contributed by atoms with Gasteiger partial charge in [-0.15, -0.1) is 0 Å². The van der Waals surface area contributed by atoms with Gasteiger partial charge in [0.2, 0.25) is 11.5 Å². The maximum absolute atomic E-state index is 5.51. The van der Waals surface area contributed by atoms with Gasteiger partial charge in [0.25, 0.3) is 5.88 Å². The molecule has 2 rings (SSSR count). The molecule has 0 saturated carbocycles. The molecule has 2 heterocycles. The highest BCUT2D eigenvalue weighted by atomic mass is 16.5. The molecule has 0 aliphatic carbocycles. The van der Waals surface area contributed by atoms with E-state index in [2.05, 4.69) is 9.97 Å². The predicted molar refractivity (Wildman–Crippen MR) is 54.0 cm³/mol. The molecule has 6 nitrogen and oxygen atoms in total. The second-order valence-electron chi connectivity index (χ2n) is 2.96. The Hall–Kier alpha value is -1.82. The first kappa shape index (κ1) is 9.72. The van der Waals surface area contributed by atoms with Crippen LogP contribution < -0.4 is 15.2 Å². The third kappa shape index (κ3) is 1.59. The van der Waals surface area contributed by atoms with Crippen LogP contribution in [-0.4, -0.2) is 28.6 Å². The number of imidazole rings is 1. The average Bonchev–Trinajstić information content (AvgIpc) is 2.70. The third-order valence-electron chi connectivity index (χ3n) is 2.05. The number of fused-ring (bicyclic) bond motifs is 1. The van der Waals surface area contributed by atoms with Gasteiger partial charge in [-0.3, -0.25) is 4.40 Å². The summed E-state index contributed by atoms with van der Waals surface area (Å²) in [6.07, 6.45) is 3.55. The van der Waals surface area contributed by atoms with E-state index < -0.39 is 0 Å². The number of hydrogen-bond donors (Lipinski definition) is 1. The number of nitrogens with two attached hydrogens (primary N) is 1. The van der Waals surface area contributed by atoms with E-state index in [1.165, 1.54) is 0 Å². The lowest BCUT2D eigenvalue weighted by Crippen LogP contribution is -1.97. The first-order chi connectivity index (χ1) is 7.28. The molecule has 0 radical (unpaired) electrons. The van der Waals surface area contributed by atoms with E-state index in [1.807, 2.05) is 6.20 Å². The van der Waals surface area contributed by atoms with E-state index in [-0.39, 0.29) is 0 Å². The van der Waals surface area contributed by atoms with Crippen LogP contribution in [0.5, 0.6) is 11.8 Å². The molecule has 0 aromatic carbocycles. The molecule has 0 fully saturated rings. The summed E-state index contributed by atoms with van der Waals surface area (Å²) < 4.78 is 11.9. The number of aromatic nitrogens is 3. The summed E-state index contributed by atoms with van der Waals surface area (Å²) in [6, 6.07) is 0. The summed E-state index contributed by atoms with van der Waals surface area (Å²) in [4.78, 5) is 8.39. The Morgan fingerprint density at radius 3 is 2.67 bits per heavy atom. The fraction of sp³-hybridized carbons (Fsp3) is 0.333. The molecule has 0 aliphatic rings. The number of methoxy groups -OCH3 is 2. The lowest BCUT2D eigenvalue weighted by Gasteiger charge is -2.03. The van der Waals surface area contributed by atoms with Crippen molar-refractivity contribution in [3.05, 3.63) is 18.1 Å². The fourth-order valence-electron chi connectivity index (χ4n) is 1.33. The molecule has 0 saturated heterocycles. The molecular weight excluding hydrogens is 196 g/mol. The van der Waals surface area contributed by atoms with Crippen LogP contribution in [0.25, 0.3) is 5.65 Å². The largest absolute Gasteiger partial charge is 0.480 e. The van der Waals surface area contributed by atoms with Crippen molar-refractivity contribution >= 4 is 5.65 Å². The topological polar surface area (TPSA) is 74.7 Å². The van der Waals surface area contributed by atoms with Crippen molar-refractivity contribution in [1.82, 2.24) is 14.4 Å². The van der Waals surface area contributed by atoms with Crippen molar-refractivity contribution in [3.63, 3.8) is 0 Å². The molecule has 2 N–H and O–H groups in total. The summed E-state index contributed by atoms with van der Waals surface area (Å²) in [5.41, 5.74) is 6.93. The van der Waals surface area contributed by atoms with Crippen LogP contribution in [0.4, 0.5) is 0 Å². The van der Waals surface area contributed by atoms with Crippen molar-refractivity contribution in [2.45, 2.75) is 6.54 Å². The average molecular weight is 208 g/mol. The molecule has 0 atom stereocenters. The number of nitrogens with zero attached hydrogens (tertiary/aromatic N) is 3. The second-order valence-corrected chi connectivity index (χ2v) is 2.96. The highest BCUT2D eigenvalue weighted by molar-refractivity contribution is 5.51. The molecule has 2 aromatic rings. The van der Waals surface area contributed by atoms with Gasteiger partial charge in [0.05, 0.1) is 26.1 Å². The van der Waals surface area contributed by atoms with E-state index in [9.17, 15) is 0 Å². The minimum absolute atomic E-state index is 0.382. The number of ether oxygens (including phenoxy) is 2. The zero-order valence-electron chi connectivity index (χ0n) is 8.60. The quantitative estimate of drug-likeness (QED) is 0.780. The van der Waals surface area contributed by atoms with Crippen molar-refractivity contribution < 1.29 is 9.47 Å². The van der Waals surface area contributed by atoms with E-state index in [0.717, 1.165) is 5.69 Å². The summed E-state index contributed by atoms with van der Waals surface area (Å²) in [6.45, 7) is 0.382. The monoisotopic (exact) mass is 208 g/mol. The molecule has 6 heteroatoms. The Bertz CT molecular complexity index is 480. The SMILES string of the molecule is COc1cn2cc(CN)nc2c(OC)n1. The first-order valence-electron chi connectivity index (χ1n) is 4.45. The van der Waals surface area contributed by atoms with Gasteiger partial charge >= 0.3 is 0 Å². The number of hydrogen-bond acceptors (Lipinski definition) is 5. The van der Waals surface area contributed by atoms with Gasteiger partial charge in [-0.25, -0.2) is 4.98 Å². The highest BCUT2D eigenvalue weighted by Gasteiger charge is 2.10.